The summed E-state index contributed by atoms with van der Waals surface area (Å²) in [6.07, 6.45) is 4.37. The van der Waals surface area contributed by atoms with Gasteiger partial charge in [0, 0.05) is 30.5 Å². The molecule has 0 atom stereocenters. The maximum absolute atomic E-state index is 4.53. The zero-order valence-electron chi connectivity index (χ0n) is 11.2. The topological polar surface area (TPSA) is 44.8 Å². The fraction of sp³-hybridized carbons (Fsp3) is 0.250. The van der Waals surface area contributed by atoms with Crippen LogP contribution in [0.15, 0.2) is 42.6 Å². The Labute approximate surface area is 117 Å². The SMILES string of the molecule is c1cnc2nc(-c3ccc(N4CCCC4)cc3)[nH]c2c1. The molecular weight excluding hydrogens is 248 g/mol. The van der Waals surface area contributed by atoms with Crippen molar-refractivity contribution in [2.45, 2.75) is 12.8 Å². The number of aromatic nitrogens is 3. The summed E-state index contributed by atoms with van der Waals surface area (Å²) >= 11 is 0. The minimum Gasteiger partial charge on any atom is -0.372 e. The smallest absolute Gasteiger partial charge is 0.178 e. The van der Waals surface area contributed by atoms with E-state index in [1.807, 2.05) is 12.1 Å². The van der Waals surface area contributed by atoms with Gasteiger partial charge in [0.25, 0.3) is 0 Å². The van der Waals surface area contributed by atoms with E-state index in [1.165, 1.54) is 31.6 Å². The lowest BCUT2D eigenvalue weighted by Crippen LogP contribution is -2.17. The van der Waals surface area contributed by atoms with E-state index in [9.17, 15) is 0 Å². The third-order valence-electron chi connectivity index (χ3n) is 3.87. The first-order valence-corrected chi connectivity index (χ1v) is 7.06. The van der Waals surface area contributed by atoms with E-state index in [4.69, 9.17) is 0 Å². The van der Waals surface area contributed by atoms with E-state index in [1.54, 1.807) is 6.20 Å². The highest BCUT2D eigenvalue weighted by molar-refractivity contribution is 5.76. The van der Waals surface area contributed by atoms with Crippen LogP contribution in [0.3, 0.4) is 0 Å². The Morgan fingerprint density at radius 3 is 2.55 bits per heavy atom. The number of imidazole rings is 1. The third kappa shape index (κ3) is 1.93. The van der Waals surface area contributed by atoms with Crippen LogP contribution in [-0.4, -0.2) is 28.0 Å². The van der Waals surface area contributed by atoms with Crippen LogP contribution < -0.4 is 4.90 Å². The first-order chi connectivity index (χ1) is 9.90. The summed E-state index contributed by atoms with van der Waals surface area (Å²) in [7, 11) is 0. The quantitative estimate of drug-likeness (QED) is 0.773. The van der Waals surface area contributed by atoms with Gasteiger partial charge in [-0.15, -0.1) is 0 Å². The summed E-state index contributed by atoms with van der Waals surface area (Å²) in [5, 5.41) is 0. The second-order valence-electron chi connectivity index (χ2n) is 5.20. The number of pyridine rings is 1. The molecule has 20 heavy (non-hydrogen) atoms. The number of H-pyrrole nitrogens is 1. The minimum atomic E-state index is 0.770. The highest BCUT2D eigenvalue weighted by Gasteiger charge is 2.12. The Morgan fingerprint density at radius 2 is 1.80 bits per heavy atom. The number of rotatable bonds is 2. The number of anilines is 1. The van der Waals surface area contributed by atoms with Crippen LogP contribution >= 0.6 is 0 Å². The van der Waals surface area contributed by atoms with Gasteiger partial charge in [-0.1, -0.05) is 0 Å². The van der Waals surface area contributed by atoms with Gasteiger partial charge in [-0.3, -0.25) is 0 Å². The molecule has 2 aromatic heterocycles. The van der Waals surface area contributed by atoms with Crippen molar-refractivity contribution in [1.82, 2.24) is 15.0 Å². The van der Waals surface area contributed by atoms with Crippen molar-refractivity contribution in [1.29, 1.82) is 0 Å². The van der Waals surface area contributed by atoms with Crippen LogP contribution in [-0.2, 0) is 0 Å². The molecule has 1 aliphatic rings. The van der Waals surface area contributed by atoms with Gasteiger partial charge in [0.15, 0.2) is 5.65 Å². The molecule has 1 aromatic carbocycles. The van der Waals surface area contributed by atoms with Crippen LogP contribution in [0.1, 0.15) is 12.8 Å². The highest BCUT2D eigenvalue weighted by Crippen LogP contribution is 2.24. The Bertz CT molecular complexity index is 691. The van der Waals surface area contributed by atoms with Crippen LogP contribution in [0.5, 0.6) is 0 Å². The van der Waals surface area contributed by atoms with E-state index >= 15 is 0 Å². The molecule has 0 bridgehead atoms. The van der Waals surface area contributed by atoms with Crippen molar-refractivity contribution in [3.63, 3.8) is 0 Å². The van der Waals surface area contributed by atoms with Gasteiger partial charge in [-0.05, 0) is 49.2 Å². The zero-order chi connectivity index (χ0) is 13.4. The number of hydrogen-bond acceptors (Lipinski definition) is 3. The van der Waals surface area contributed by atoms with Gasteiger partial charge < -0.3 is 9.88 Å². The molecule has 4 nitrogen and oxygen atoms in total. The molecule has 0 radical (unpaired) electrons. The molecule has 0 spiro atoms. The van der Waals surface area contributed by atoms with Gasteiger partial charge in [0.2, 0.25) is 0 Å². The second kappa shape index (κ2) is 4.63. The monoisotopic (exact) mass is 264 g/mol. The minimum absolute atomic E-state index is 0.770. The normalized spacial score (nSPS) is 15.1. The lowest BCUT2D eigenvalue weighted by Gasteiger charge is -2.17. The summed E-state index contributed by atoms with van der Waals surface area (Å²) < 4.78 is 0. The third-order valence-corrected chi connectivity index (χ3v) is 3.87. The molecule has 1 N–H and O–H groups in total. The van der Waals surface area contributed by atoms with Crippen molar-refractivity contribution < 1.29 is 0 Å². The fourth-order valence-corrected chi connectivity index (χ4v) is 2.79. The summed E-state index contributed by atoms with van der Waals surface area (Å²) in [4.78, 5) is 14.5. The van der Waals surface area contributed by atoms with Crippen molar-refractivity contribution in [2.24, 2.45) is 0 Å². The van der Waals surface area contributed by atoms with E-state index in [-0.39, 0.29) is 0 Å². The molecular formula is C16H16N4. The maximum Gasteiger partial charge on any atom is 0.178 e. The predicted molar refractivity (Wildman–Crippen MR) is 80.8 cm³/mol. The molecule has 3 heterocycles. The number of fused-ring (bicyclic) bond motifs is 1. The molecule has 0 amide bonds. The van der Waals surface area contributed by atoms with E-state index < -0.39 is 0 Å². The fourth-order valence-electron chi connectivity index (χ4n) is 2.79. The molecule has 0 unspecified atom stereocenters. The Hall–Kier alpha value is -2.36. The number of benzene rings is 1. The van der Waals surface area contributed by atoms with Crippen molar-refractivity contribution in [3.8, 4) is 11.4 Å². The van der Waals surface area contributed by atoms with E-state index in [2.05, 4.69) is 44.1 Å². The molecule has 4 heteroatoms. The molecule has 3 aromatic rings. The van der Waals surface area contributed by atoms with Gasteiger partial charge in [0.05, 0.1) is 5.52 Å². The summed E-state index contributed by atoms with van der Waals surface area (Å²) in [5.41, 5.74) is 4.16. The average molecular weight is 264 g/mol. The van der Waals surface area contributed by atoms with Crippen molar-refractivity contribution in [2.75, 3.05) is 18.0 Å². The molecule has 100 valence electrons. The zero-order valence-corrected chi connectivity index (χ0v) is 11.2. The summed E-state index contributed by atoms with van der Waals surface area (Å²) in [6.45, 7) is 2.35. The van der Waals surface area contributed by atoms with Gasteiger partial charge in [-0.2, -0.15) is 0 Å². The number of nitrogens with one attached hydrogen (secondary N) is 1. The molecule has 1 fully saturated rings. The molecule has 0 saturated carbocycles. The number of hydrogen-bond donors (Lipinski definition) is 1. The van der Waals surface area contributed by atoms with Crippen LogP contribution in [0.4, 0.5) is 5.69 Å². The first-order valence-electron chi connectivity index (χ1n) is 7.06. The van der Waals surface area contributed by atoms with Crippen LogP contribution in [0.25, 0.3) is 22.6 Å². The molecule has 4 rings (SSSR count). The lowest BCUT2D eigenvalue weighted by molar-refractivity contribution is 0.949. The Morgan fingerprint density at radius 1 is 1.00 bits per heavy atom. The maximum atomic E-state index is 4.53. The van der Waals surface area contributed by atoms with Crippen LogP contribution in [0, 0.1) is 0 Å². The predicted octanol–water partition coefficient (Wildman–Crippen LogP) is 3.23. The van der Waals surface area contributed by atoms with E-state index in [0.29, 0.717) is 0 Å². The Balaban J connectivity index is 1.67. The van der Waals surface area contributed by atoms with Crippen molar-refractivity contribution >= 4 is 16.9 Å². The van der Waals surface area contributed by atoms with Gasteiger partial charge in [-0.25, -0.2) is 9.97 Å². The number of nitrogens with zero attached hydrogens (tertiary/aromatic N) is 3. The largest absolute Gasteiger partial charge is 0.372 e. The molecule has 1 saturated heterocycles. The summed E-state index contributed by atoms with van der Waals surface area (Å²) in [6, 6.07) is 12.5. The molecule has 1 aliphatic heterocycles. The van der Waals surface area contributed by atoms with Gasteiger partial charge >= 0.3 is 0 Å². The first kappa shape index (κ1) is 11.5. The summed E-state index contributed by atoms with van der Waals surface area (Å²) in [5.74, 6) is 0.881. The second-order valence-corrected chi connectivity index (χ2v) is 5.20. The van der Waals surface area contributed by atoms with Crippen LogP contribution in [0.2, 0.25) is 0 Å². The van der Waals surface area contributed by atoms with E-state index in [0.717, 1.165) is 22.6 Å². The van der Waals surface area contributed by atoms with Crippen molar-refractivity contribution in [3.05, 3.63) is 42.6 Å². The lowest BCUT2D eigenvalue weighted by atomic mass is 10.2. The Kier molecular flexibility index (Phi) is 2.66. The number of aromatic amines is 1. The van der Waals surface area contributed by atoms with Gasteiger partial charge in [0.1, 0.15) is 5.82 Å². The average Bonchev–Trinajstić information content (AvgIpc) is 3.17. The molecule has 0 aliphatic carbocycles. The highest BCUT2D eigenvalue weighted by atomic mass is 15.1. The standard InChI is InChI=1S/C16H16N4/c1-2-11-20(10-1)13-7-5-12(6-8-13)15-18-14-4-3-9-17-16(14)19-15/h3-9H,1-2,10-11H2,(H,17,18,19).